The maximum atomic E-state index is 13.2. The maximum absolute atomic E-state index is 13.2. The van der Waals surface area contributed by atoms with Crippen LogP contribution in [0.2, 0.25) is 10.0 Å². The van der Waals surface area contributed by atoms with Gasteiger partial charge in [-0.25, -0.2) is 9.37 Å². The standard InChI is InChI=1S/C13H7Cl2FN2S/c14-7-1-2-12-11(5-7)18-13(19-12)17-10-4-8(15)3-9(16)6-10/h1-6H,(H,17,18). The summed E-state index contributed by atoms with van der Waals surface area (Å²) in [5.41, 5.74) is 1.37. The topological polar surface area (TPSA) is 24.9 Å². The number of nitrogens with zero attached hydrogens (tertiary/aromatic N) is 1. The summed E-state index contributed by atoms with van der Waals surface area (Å²) in [4.78, 5) is 4.39. The molecule has 0 spiro atoms. The van der Waals surface area contributed by atoms with Gasteiger partial charge in [0, 0.05) is 15.7 Å². The minimum atomic E-state index is -0.390. The summed E-state index contributed by atoms with van der Waals surface area (Å²) in [6, 6.07) is 9.76. The molecule has 19 heavy (non-hydrogen) atoms. The largest absolute Gasteiger partial charge is 0.331 e. The summed E-state index contributed by atoms with van der Waals surface area (Å²) in [6.45, 7) is 0. The summed E-state index contributed by atoms with van der Waals surface area (Å²) >= 11 is 13.2. The fraction of sp³-hybridized carbons (Fsp3) is 0. The zero-order valence-corrected chi connectivity index (χ0v) is 11.8. The lowest BCUT2D eigenvalue weighted by atomic mass is 10.3. The Kier molecular flexibility index (Phi) is 3.31. The van der Waals surface area contributed by atoms with E-state index in [-0.39, 0.29) is 5.82 Å². The second-order valence-corrected chi connectivity index (χ2v) is 5.82. The molecular formula is C13H7Cl2FN2S. The molecule has 6 heteroatoms. The Bertz CT molecular complexity index is 737. The van der Waals surface area contributed by atoms with Crippen LogP contribution in [0.4, 0.5) is 15.2 Å². The molecule has 1 heterocycles. The molecule has 0 unspecified atom stereocenters. The molecule has 0 atom stereocenters. The Balaban J connectivity index is 1.96. The van der Waals surface area contributed by atoms with Crippen molar-refractivity contribution in [2.75, 3.05) is 5.32 Å². The average molecular weight is 313 g/mol. The highest BCUT2D eigenvalue weighted by Crippen LogP contribution is 2.30. The van der Waals surface area contributed by atoms with Gasteiger partial charge in [-0.3, -0.25) is 0 Å². The van der Waals surface area contributed by atoms with Crippen LogP contribution in [0.3, 0.4) is 0 Å². The maximum Gasteiger partial charge on any atom is 0.188 e. The second-order valence-electron chi connectivity index (χ2n) is 3.91. The lowest BCUT2D eigenvalue weighted by Gasteiger charge is -2.02. The van der Waals surface area contributed by atoms with Crippen molar-refractivity contribution >= 4 is 55.6 Å². The van der Waals surface area contributed by atoms with Gasteiger partial charge in [0.1, 0.15) is 5.82 Å². The van der Waals surface area contributed by atoms with Crippen LogP contribution in [-0.4, -0.2) is 4.98 Å². The molecule has 3 rings (SSSR count). The minimum absolute atomic E-state index is 0.339. The number of thiazole rings is 1. The summed E-state index contributed by atoms with van der Waals surface area (Å²) in [5, 5.41) is 4.68. The van der Waals surface area contributed by atoms with Crippen LogP contribution >= 0.6 is 34.5 Å². The van der Waals surface area contributed by atoms with Crippen molar-refractivity contribution in [1.82, 2.24) is 4.98 Å². The number of nitrogens with one attached hydrogen (secondary N) is 1. The van der Waals surface area contributed by atoms with Gasteiger partial charge in [-0.15, -0.1) is 0 Å². The smallest absolute Gasteiger partial charge is 0.188 e. The normalized spacial score (nSPS) is 10.9. The van der Waals surface area contributed by atoms with Crippen LogP contribution in [0.15, 0.2) is 36.4 Å². The van der Waals surface area contributed by atoms with E-state index in [0.717, 1.165) is 10.2 Å². The first kappa shape index (κ1) is 12.7. The van der Waals surface area contributed by atoms with E-state index in [9.17, 15) is 4.39 Å². The molecule has 96 valence electrons. The van der Waals surface area contributed by atoms with Gasteiger partial charge in [-0.05, 0) is 36.4 Å². The number of anilines is 2. The van der Waals surface area contributed by atoms with E-state index in [2.05, 4.69) is 10.3 Å². The highest BCUT2D eigenvalue weighted by Gasteiger charge is 2.06. The SMILES string of the molecule is Fc1cc(Cl)cc(Nc2nc3cc(Cl)ccc3s2)c1. The molecule has 2 aromatic carbocycles. The van der Waals surface area contributed by atoms with Crippen LogP contribution in [-0.2, 0) is 0 Å². The second kappa shape index (κ2) is 4.96. The number of benzene rings is 2. The van der Waals surface area contributed by atoms with Crippen molar-refractivity contribution in [1.29, 1.82) is 0 Å². The Hall–Kier alpha value is -1.36. The summed E-state index contributed by atoms with van der Waals surface area (Å²) < 4.78 is 14.2. The third-order valence-corrected chi connectivity index (χ3v) is 3.87. The number of aromatic nitrogens is 1. The van der Waals surface area contributed by atoms with Gasteiger partial charge in [-0.1, -0.05) is 34.5 Å². The Morgan fingerprint density at radius 2 is 1.89 bits per heavy atom. The highest BCUT2D eigenvalue weighted by atomic mass is 35.5. The summed E-state index contributed by atoms with van der Waals surface area (Å²) in [7, 11) is 0. The van der Waals surface area contributed by atoms with Crippen LogP contribution in [0.25, 0.3) is 10.2 Å². The molecule has 0 aliphatic rings. The molecule has 0 saturated carbocycles. The first-order valence-corrected chi connectivity index (χ1v) is 6.96. The van der Waals surface area contributed by atoms with E-state index >= 15 is 0 Å². The van der Waals surface area contributed by atoms with Crippen molar-refractivity contribution in [2.24, 2.45) is 0 Å². The average Bonchev–Trinajstić information content (AvgIpc) is 2.68. The van der Waals surface area contributed by atoms with Crippen molar-refractivity contribution in [3.05, 3.63) is 52.3 Å². The first-order valence-electron chi connectivity index (χ1n) is 5.39. The van der Waals surface area contributed by atoms with Gasteiger partial charge in [0.05, 0.1) is 10.2 Å². The van der Waals surface area contributed by atoms with Gasteiger partial charge < -0.3 is 5.32 Å². The van der Waals surface area contributed by atoms with Crippen LogP contribution in [0, 0.1) is 5.82 Å². The quantitative estimate of drug-likeness (QED) is 0.677. The summed E-state index contributed by atoms with van der Waals surface area (Å²) in [5.74, 6) is -0.390. The molecule has 1 aromatic heterocycles. The van der Waals surface area contributed by atoms with Gasteiger partial charge >= 0.3 is 0 Å². The van der Waals surface area contributed by atoms with Crippen molar-refractivity contribution in [2.45, 2.75) is 0 Å². The summed E-state index contributed by atoms with van der Waals surface area (Å²) in [6.07, 6.45) is 0. The fourth-order valence-corrected chi connectivity index (χ4v) is 2.96. The number of rotatable bonds is 2. The molecule has 0 aliphatic carbocycles. The molecule has 2 nitrogen and oxygen atoms in total. The monoisotopic (exact) mass is 312 g/mol. The van der Waals surface area contributed by atoms with Gasteiger partial charge in [0.2, 0.25) is 0 Å². The number of halogens is 3. The third-order valence-electron chi connectivity index (χ3n) is 2.46. The highest BCUT2D eigenvalue weighted by molar-refractivity contribution is 7.22. The zero-order valence-electron chi connectivity index (χ0n) is 9.45. The van der Waals surface area contributed by atoms with Crippen LogP contribution < -0.4 is 5.32 Å². The number of hydrogen-bond donors (Lipinski definition) is 1. The van der Waals surface area contributed by atoms with E-state index in [1.54, 1.807) is 12.1 Å². The minimum Gasteiger partial charge on any atom is -0.331 e. The van der Waals surface area contributed by atoms with E-state index < -0.39 is 0 Å². The number of fused-ring (bicyclic) bond motifs is 1. The Morgan fingerprint density at radius 3 is 2.68 bits per heavy atom. The van der Waals surface area contributed by atoms with Crippen LogP contribution in [0.1, 0.15) is 0 Å². The Morgan fingerprint density at radius 1 is 1.05 bits per heavy atom. The third kappa shape index (κ3) is 2.81. The molecule has 1 N–H and O–H groups in total. The van der Waals surface area contributed by atoms with Crippen LogP contribution in [0.5, 0.6) is 0 Å². The zero-order chi connectivity index (χ0) is 13.4. The Labute approximate surface area is 122 Å². The van der Waals surface area contributed by atoms with Crippen molar-refractivity contribution < 1.29 is 4.39 Å². The molecule has 0 aliphatic heterocycles. The number of hydrogen-bond acceptors (Lipinski definition) is 3. The van der Waals surface area contributed by atoms with Gasteiger partial charge in [-0.2, -0.15) is 0 Å². The van der Waals surface area contributed by atoms with E-state index in [0.29, 0.717) is 20.9 Å². The van der Waals surface area contributed by atoms with Crippen molar-refractivity contribution in [3.63, 3.8) is 0 Å². The van der Waals surface area contributed by atoms with Gasteiger partial charge in [0.25, 0.3) is 0 Å². The first-order chi connectivity index (χ1) is 9.10. The molecule has 3 aromatic rings. The molecule has 0 saturated heterocycles. The predicted molar refractivity (Wildman–Crippen MR) is 79.3 cm³/mol. The molecule has 0 bridgehead atoms. The molecule has 0 fully saturated rings. The lowest BCUT2D eigenvalue weighted by Crippen LogP contribution is -1.90. The van der Waals surface area contributed by atoms with Gasteiger partial charge in [0.15, 0.2) is 5.13 Å². The van der Waals surface area contributed by atoms with E-state index in [1.807, 2.05) is 12.1 Å². The predicted octanol–water partition coefficient (Wildman–Crippen LogP) is 5.49. The molecule has 0 amide bonds. The van der Waals surface area contributed by atoms with E-state index in [1.165, 1.54) is 23.5 Å². The fourth-order valence-electron chi connectivity index (χ4n) is 1.70. The van der Waals surface area contributed by atoms with E-state index in [4.69, 9.17) is 23.2 Å². The lowest BCUT2D eigenvalue weighted by molar-refractivity contribution is 0.628. The molecule has 0 radical (unpaired) electrons. The molecular weight excluding hydrogens is 306 g/mol. The van der Waals surface area contributed by atoms with Crippen molar-refractivity contribution in [3.8, 4) is 0 Å².